The zero-order valence-electron chi connectivity index (χ0n) is 12.4. The number of hydrogen-bond donors (Lipinski definition) is 1. The molecule has 0 amide bonds. The molecule has 1 atom stereocenters. The molecule has 1 fully saturated rings. The van der Waals surface area contributed by atoms with E-state index in [1.807, 2.05) is 0 Å². The van der Waals surface area contributed by atoms with Crippen molar-refractivity contribution in [2.75, 3.05) is 27.3 Å². The van der Waals surface area contributed by atoms with Crippen LogP contribution < -0.4 is 5.32 Å². The molecule has 106 valence electrons. The van der Waals surface area contributed by atoms with E-state index < -0.39 is 0 Å². The molecule has 1 aliphatic rings. The summed E-state index contributed by atoms with van der Waals surface area (Å²) in [6.45, 7) is 4.91. The molecule has 0 aliphatic heterocycles. The second kappa shape index (κ2) is 7.04. The number of likely N-dealkylation sites (N-methyl/N-ethyl adjacent to an activating group) is 1. The monoisotopic (exact) mass is 262 g/mol. The lowest BCUT2D eigenvalue weighted by Gasteiger charge is -2.28. The molecule has 1 unspecified atom stereocenters. The third-order valence-electron chi connectivity index (χ3n) is 3.72. The van der Waals surface area contributed by atoms with Crippen LogP contribution in [-0.2, 0) is 11.3 Å². The van der Waals surface area contributed by atoms with Crippen molar-refractivity contribution >= 4 is 0 Å². The van der Waals surface area contributed by atoms with Gasteiger partial charge >= 0.3 is 0 Å². The lowest BCUT2D eigenvalue weighted by molar-refractivity contribution is 0.101. The maximum atomic E-state index is 5.36. The molecule has 1 N–H and O–H groups in total. The summed E-state index contributed by atoms with van der Waals surface area (Å²) in [5.41, 5.74) is 2.69. The zero-order chi connectivity index (χ0) is 13.7. The topological polar surface area (TPSA) is 24.5 Å². The van der Waals surface area contributed by atoms with Crippen molar-refractivity contribution in [3.63, 3.8) is 0 Å². The number of nitrogens with one attached hydrogen (secondary N) is 1. The summed E-state index contributed by atoms with van der Waals surface area (Å²) in [6.07, 6.45) is 2.67. The minimum Gasteiger partial charge on any atom is -0.383 e. The Labute approximate surface area is 116 Å². The van der Waals surface area contributed by atoms with Crippen LogP contribution in [0.5, 0.6) is 0 Å². The summed E-state index contributed by atoms with van der Waals surface area (Å²) in [5, 5.41) is 3.60. The molecule has 3 heteroatoms. The van der Waals surface area contributed by atoms with Gasteiger partial charge < -0.3 is 10.1 Å². The Morgan fingerprint density at radius 2 is 2.21 bits per heavy atom. The standard InChI is InChI=1S/C16H26N2O/c1-13-5-4-6-14(9-13)11-18(2)16(12-19-3)10-17-15-7-8-15/h4-6,9,15-17H,7-8,10-12H2,1-3H3. The van der Waals surface area contributed by atoms with E-state index in [9.17, 15) is 0 Å². The van der Waals surface area contributed by atoms with Gasteiger partial charge in [0.2, 0.25) is 0 Å². The SMILES string of the molecule is COCC(CNC1CC1)N(C)Cc1cccc(C)c1. The first kappa shape index (κ1) is 14.5. The van der Waals surface area contributed by atoms with Gasteiger partial charge in [0.15, 0.2) is 0 Å². The summed E-state index contributed by atoms with van der Waals surface area (Å²) >= 11 is 0. The molecule has 0 saturated heterocycles. The minimum atomic E-state index is 0.436. The normalized spacial score (nSPS) is 16.8. The number of aryl methyl sites for hydroxylation is 1. The summed E-state index contributed by atoms with van der Waals surface area (Å²) in [7, 11) is 3.96. The molecule has 1 aromatic carbocycles. The Morgan fingerprint density at radius 1 is 1.42 bits per heavy atom. The first-order valence-electron chi connectivity index (χ1n) is 7.17. The van der Waals surface area contributed by atoms with Gasteiger partial charge in [-0.1, -0.05) is 29.8 Å². The molecule has 2 rings (SSSR count). The van der Waals surface area contributed by atoms with Gasteiger partial charge in [0.05, 0.1) is 6.61 Å². The van der Waals surface area contributed by atoms with Crippen LogP contribution in [0.25, 0.3) is 0 Å². The average Bonchev–Trinajstić information content (AvgIpc) is 3.18. The molecule has 1 aromatic rings. The molecule has 0 spiro atoms. The van der Waals surface area contributed by atoms with E-state index >= 15 is 0 Å². The second-order valence-electron chi connectivity index (χ2n) is 5.70. The average molecular weight is 262 g/mol. The van der Waals surface area contributed by atoms with Crippen molar-refractivity contribution in [3.05, 3.63) is 35.4 Å². The Bertz CT molecular complexity index is 390. The van der Waals surface area contributed by atoms with Crippen molar-refractivity contribution in [3.8, 4) is 0 Å². The van der Waals surface area contributed by atoms with E-state index in [1.165, 1.54) is 24.0 Å². The van der Waals surface area contributed by atoms with Crippen molar-refractivity contribution in [2.24, 2.45) is 0 Å². The smallest absolute Gasteiger partial charge is 0.0630 e. The maximum Gasteiger partial charge on any atom is 0.0630 e. The van der Waals surface area contributed by atoms with Crippen LogP contribution in [0, 0.1) is 6.92 Å². The zero-order valence-corrected chi connectivity index (χ0v) is 12.4. The Kier molecular flexibility index (Phi) is 5.37. The Morgan fingerprint density at radius 3 is 2.84 bits per heavy atom. The number of hydrogen-bond acceptors (Lipinski definition) is 3. The maximum absolute atomic E-state index is 5.36. The van der Waals surface area contributed by atoms with Crippen LogP contribution in [0.4, 0.5) is 0 Å². The number of rotatable bonds is 8. The van der Waals surface area contributed by atoms with Crippen LogP contribution >= 0.6 is 0 Å². The van der Waals surface area contributed by atoms with Gasteiger partial charge in [-0.05, 0) is 32.4 Å². The Balaban J connectivity index is 1.87. The van der Waals surface area contributed by atoms with Gasteiger partial charge in [0, 0.05) is 32.3 Å². The predicted octanol–water partition coefficient (Wildman–Crippen LogP) is 2.19. The fourth-order valence-electron chi connectivity index (χ4n) is 2.35. The number of benzene rings is 1. The molecule has 1 saturated carbocycles. The van der Waals surface area contributed by atoms with Crippen LogP contribution in [0.1, 0.15) is 24.0 Å². The number of ether oxygens (including phenoxy) is 1. The molecular formula is C16H26N2O. The van der Waals surface area contributed by atoms with Crippen molar-refractivity contribution in [2.45, 2.75) is 38.4 Å². The van der Waals surface area contributed by atoms with E-state index in [0.29, 0.717) is 6.04 Å². The van der Waals surface area contributed by atoms with Gasteiger partial charge in [0.1, 0.15) is 0 Å². The van der Waals surface area contributed by atoms with Gasteiger partial charge in [-0.2, -0.15) is 0 Å². The molecule has 0 bridgehead atoms. The van der Waals surface area contributed by atoms with Crippen LogP contribution in [0.3, 0.4) is 0 Å². The van der Waals surface area contributed by atoms with Gasteiger partial charge in [-0.25, -0.2) is 0 Å². The van der Waals surface area contributed by atoms with Gasteiger partial charge in [-0.15, -0.1) is 0 Å². The first-order chi connectivity index (χ1) is 9.19. The largest absolute Gasteiger partial charge is 0.383 e. The molecule has 0 heterocycles. The second-order valence-corrected chi connectivity index (χ2v) is 5.70. The summed E-state index contributed by atoms with van der Waals surface area (Å²) in [6, 6.07) is 9.92. The van der Waals surface area contributed by atoms with Crippen LogP contribution in [0.2, 0.25) is 0 Å². The molecule has 3 nitrogen and oxygen atoms in total. The van der Waals surface area contributed by atoms with Crippen molar-refractivity contribution in [1.29, 1.82) is 0 Å². The molecule has 19 heavy (non-hydrogen) atoms. The van der Waals surface area contributed by atoms with Crippen LogP contribution in [-0.4, -0.2) is 44.3 Å². The highest BCUT2D eigenvalue weighted by Crippen LogP contribution is 2.19. The van der Waals surface area contributed by atoms with E-state index in [-0.39, 0.29) is 0 Å². The highest BCUT2D eigenvalue weighted by molar-refractivity contribution is 5.22. The summed E-state index contributed by atoms with van der Waals surface area (Å²) in [4.78, 5) is 2.38. The van der Waals surface area contributed by atoms with Crippen molar-refractivity contribution < 1.29 is 4.74 Å². The van der Waals surface area contributed by atoms with Crippen LogP contribution in [0.15, 0.2) is 24.3 Å². The lowest BCUT2D eigenvalue weighted by Crippen LogP contribution is -2.43. The van der Waals surface area contributed by atoms with Gasteiger partial charge in [0.25, 0.3) is 0 Å². The van der Waals surface area contributed by atoms with E-state index in [0.717, 1.165) is 25.7 Å². The third-order valence-corrected chi connectivity index (χ3v) is 3.72. The first-order valence-corrected chi connectivity index (χ1v) is 7.17. The van der Waals surface area contributed by atoms with E-state index in [1.54, 1.807) is 7.11 Å². The van der Waals surface area contributed by atoms with Gasteiger partial charge in [-0.3, -0.25) is 4.90 Å². The molecular weight excluding hydrogens is 236 g/mol. The van der Waals surface area contributed by atoms with Crippen molar-refractivity contribution in [1.82, 2.24) is 10.2 Å². The molecule has 1 aliphatic carbocycles. The Hall–Kier alpha value is -0.900. The third kappa shape index (κ3) is 4.94. The van der Waals surface area contributed by atoms with E-state index in [2.05, 4.69) is 48.5 Å². The number of methoxy groups -OCH3 is 1. The minimum absolute atomic E-state index is 0.436. The fraction of sp³-hybridized carbons (Fsp3) is 0.625. The predicted molar refractivity (Wildman–Crippen MR) is 79.3 cm³/mol. The number of nitrogens with zero attached hydrogens (tertiary/aromatic N) is 1. The quantitative estimate of drug-likeness (QED) is 0.777. The van der Waals surface area contributed by atoms with E-state index in [4.69, 9.17) is 4.74 Å². The summed E-state index contributed by atoms with van der Waals surface area (Å²) < 4.78 is 5.36. The molecule has 0 aromatic heterocycles. The fourth-order valence-corrected chi connectivity index (χ4v) is 2.35. The molecule has 0 radical (unpaired) electrons. The highest BCUT2D eigenvalue weighted by atomic mass is 16.5. The highest BCUT2D eigenvalue weighted by Gasteiger charge is 2.23. The summed E-state index contributed by atoms with van der Waals surface area (Å²) in [5.74, 6) is 0. The lowest BCUT2D eigenvalue weighted by atomic mass is 10.1.